The fourth-order valence-corrected chi connectivity index (χ4v) is 4.09. The van der Waals surface area contributed by atoms with Crippen LogP contribution in [0.3, 0.4) is 0 Å². The van der Waals surface area contributed by atoms with Crippen LogP contribution in [-0.2, 0) is 11.3 Å². The van der Waals surface area contributed by atoms with Crippen LogP contribution in [0.2, 0.25) is 5.02 Å². The summed E-state index contributed by atoms with van der Waals surface area (Å²) in [4.78, 5) is 20.6. The van der Waals surface area contributed by atoms with E-state index < -0.39 is 0 Å². The quantitative estimate of drug-likeness (QED) is 0.549. The number of guanidine groups is 1. The van der Waals surface area contributed by atoms with Gasteiger partial charge in [0, 0.05) is 50.8 Å². The third kappa shape index (κ3) is 7.19. The highest BCUT2D eigenvalue weighted by Gasteiger charge is 2.22. The van der Waals surface area contributed by atoms with Crippen molar-refractivity contribution in [2.75, 3.05) is 33.7 Å². The van der Waals surface area contributed by atoms with E-state index in [9.17, 15) is 4.79 Å². The van der Waals surface area contributed by atoms with Gasteiger partial charge in [0.2, 0.25) is 5.91 Å². The molecular weight excluding hydrogens is 386 g/mol. The van der Waals surface area contributed by atoms with Gasteiger partial charge < -0.3 is 15.5 Å². The zero-order valence-electron chi connectivity index (χ0n) is 17.7. The van der Waals surface area contributed by atoms with Crippen LogP contribution >= 0.6 is 11.6 Å². The fourth-order valence-electron chi connectivity index (χ4n) is 3.96. The molecule has 3 rings (SSSR count). The standard InChI is InChI=1S/C22H34ClN5O/c1-27(2)21(29)15-24-22(25-19-5-3-4-6-19)26-20-11-13-28(14-12-20)16-17-7-9-18(23)10-8-17/h7-10,19-20H,3-6,11-16H2,1-2H3,(H2,24,25,26). The molecule has 1 aromatic carbocycles. The molecule has 0 unspecified atom stereocenters. The molecule has 1 heterocycles. The summed E-state index contributed by atoms with van der Waals surface area (Å²) in [5.74, 6) is 0.818. The summed E-state index contributed by atoms with van der Waals surface area (Å²) in [7, 11) is 3.54. The molecule has 1 aromatic rings. The molecule has 2 fully saturated rings. The van der Waals surface area contributed by atoms with Gasteiger partial charge in [0.25, 0.3) is 0 Å². The molecular formula is C22H34ClN5O. The number of aliphatic imine (C=N–C) groups is 1. The third-order valence-electron chi connectivity index (χ3n) is 5.82. The molecule has 160 valence electrons. The van der Waals surface area contributed by atoms with E-state index in [1.807, 2.05) is 12.1 Å². The number of carbonyl (C=O) groups is 1. The van der Waals surface area contributed by atoms with Crippen LogP contribution in [0.25, 0.3) is 0 Å². The highest BCUT2D eigenvalue weighted by Crippen LogP contribution is 2.18. The third-order valence-corrected chi connectivity index (χ3v) is 6.07. The van der Waals surface area contributed by atoms with Crippen molar-refractivity contribution in [3.8, 4) is 0 Å². The minimum absolute atomic E-state index is 0.0234. The second-order valence-electron chi connectivity index (χ2n) is 8.40. The number of rotatable bonds is 6. The molecule has 29 heavy (non-hydrogen) atoms. The first-order valence-electron chi connectivity index (χ1n) is 10.7. The zero-order chi connectivity index (χ0) is 20.6. The van der Waals surface area contributed by atoms with Gasteiger partial charge in [0.15, 0.2) is 5.96 Å². The topological polar surface area (TPSA) is 60.0 Å². The number of benzene rings is 1. The Labute approximate surface area is 179 Å². The van der Waals surface area contributed by atoms with Crippen LogP contribution in [0.1, 0.15) is 44.1 Å². The smallest absolute Gasteiger partial charge is 0.243 e. The number of hydrogen-bond donors (Lipinski definition) is 2. The van der Waals surface area contributed by atoms with Crippen molar-refractivity contribution in [2.24, 2.45) is 4.99 Å². The lowest BCUT2D eigenvalue weighted by atomic mass is 10.0. The summed E-state index contributed by atoms with van der Waals surface area (Å²) >= 11 is 5.98. The van der Waals surface area contributed by atoms with Crippen molar-refractivity contribution in [3.05, 3.63) is 34.9 Å². The van der Waals surface area contributed by atoms with Crippen LogP contribution in [0.15, 0.2) is 29.3 Å². The average Bonchev–Trinajstić information content (AvgIpc) is 3.22. The van der Waals surface area contributed by atoms with E-state index in [2.05, 4.69) is 32.7 Å². The Morgan fingerprint density at radius 1 is 1.07 bits per heavy atom. The van der Waals surface area contributed by atoms with E-state index >= 15 is 0 Å². The minimum atomic E-state index is 0.0234. The number of halogens is 1. The molecule has 0 spiro atoms. The molecule has 1 saturated carbocycles. The maximum atomic E-state index is 12.0. The van der Waals surface area contributed by atoms with Gasteiger partial charge in [-0.3, -0.25) is 9.69 Å². The van der Waals surface area contributed by atoms with Crippen molar-refractivity contribution in [3.63, 3.8) is 0 Å². The summed E-state index contributed by atoms with van der Waals surface area (Å²) in [6.07, 6.45) is 7.04. The highest BCUT2D eigenvalue weighted by molar-refractivity contribution is 6.30. The van der Waals surface area contributed by atoms with Crippen molar-refractivity contribution < 1.29 is 4.79 Å². The van der Waals surface area contributed by atoms with E-state index in [1.165, 1.54) is 31.2 Å². The number of nitrogens with zero attached hydrogens (tertiary/aromatic N) is 3. The lowest BCUT2D eigenvalue weighted by Gasteiger charge is -2.33. The average molecular weight is 420 g/mol. The number of piperidine rings is 1. The normalized spacial score (nSPS) is 19.3. The van der Waals surface area contributed by atoms with E-state index in [1.54, 1.807) is 19.0 Å². The molecule has 1 amide bonds. The summed E-state index contributed by atoms with van der Waals surface area (Å²) in [6, 6.07) is 8.98. The van der Waals surface area contributed by atoms with E-state index in [-0.39, 0.29) is 12.5 Å². The molecule has 7 heteroatoms. The van der Waals surface area contributed by atoms with E-state index in [4.69, 9.17) is 11.6 Å². The van der Waals surface area contributed by atoms with Crippen molar-refractivity contribution in [1.29, 1.82) is 0 Å². The number of hydrogen-bond acceptors (Lipinski definition) is 3. The van der Waals surface area contributed by atoms with E-state index in [0.29, 0.717) is 12.1 Å². The Balaban J connectivity index is 1.50. The number of likely N-dealkylation sites (tertiary alicyclic amines) is 1. The van der Waals surface area contributed by atoms with Crippen molar-refractivity contribution >= 4 is 23.5 Å². The molecule has 0 atom stereocenters. The Hall–Kier alpha value is -1.79. The van der Waals surface area contributed by atoms with Crippen LogP contribution in [0.5, 0.6) is 0 Å². The van der Waals surface area contributed by atoms with Gasteiger partial charge in [0.1, 0.15) is 6.54 Å². The molecule has 0 aromatic heterocycles. The number of nitrogens with one attached hydrogen (secondary N) is 2. The van der Waals surface area contributed by atoms with Gasteiger partial charge in [-0.1, -0.05) is 36.6 Å². The van der Waals surface area contributed by atoms with Crippen molar-refractivity contribution in [1.82, 2.24) is 20.4 Å². The number of likely N-dealkylation sites (N-methyl/N-ethyl adjacent to an activating group) is 1. The first kappa shape index (κ1) is 21.9. The first-order chi connectivity index (χ1) is 14.0. The SMILES string of the molecule is CN(C)C(=O)CN=C(NC1CCCC1)NC1CCN(Cc2ccc(Cl)cc2)CC1. The van der Waals surface area contributed by atoms with Gasteiger partial charge in [-0.05, 0) is 43.4 Å². The maximum absolute atomic E-state index is 12.0. The molecule has 1 saturated heterocycles. The van der Waals surface area contributed by atoms with Crippen LogP contribution in [0, 0.1) is 0 Å². The molecule has 1 aliphatic carbocycles. The molecule has 0 bridgehead atoms. The molecule has 2 N–H and O–H groups in total. The largest absolute Gasteiger partial charge is 0.354 e. The summed E-state index contributed by atoms with van der Waals surface area (Å²) in [5.41, 5.74) is 1.30. The van der Waals surface area contributed by atoms with Gasteiger partial charge in [-0.25, -0.2) is 4.99 Å². The Bertz CT molecular complexity index is 677. The number of amides is 1. The maximum Gasteiger partial charge on any atom is 0.243 e. The molecule has 1 aliphatic heterocycles. The molecule has 2 aliphatic rings. The Morgan fingerprint density at radius 3 is 2.24 bits per heavy atom. The van der Waals surface area contributed by atoms with Crippen LogP contribution < -0.4 is 10.6 Å². The predicted octanol–water partition coefficient (Wildman–Crippen LogP) is 2.87. The van der Waals surface area contributed by atoms with E-state index in [0.717, 1.165) is 43.5 Å². The van der Waals surface area contributed by atoms with Gasteiger partial charge in [0.05, 0.1) is 0 Å². The highest BCUT2D eigenvalue weighted by atomic mass is 35.5. The molecule has 0 radical (unpaired) electrons. The second kappa shape index (κ2) is 10.8. The van der Waals surface area contributed by atoms with Gasteiger partial charge in [-0.2, -0.15) is 0 Å². The fraction of sp³-hybridized carbons (Fsp3) is 0.636. The summed E-state index contributed by atoms with van der Waals surface area (Å²) < 4.78 is 0. The second-order valence-corrected chi connectivity index (χ2v) is 8.84. The summed E-state index contributed by atoms with van der Waals surface area (Å²) in [6.45, 7) is 3.24. The first-order valence-corrected chi connectivity index (χ1v) is 11.1. The lowest BCUT2D eigenvalue weighted by Crippen LogP contribution is -2.50. The molecule has 6 nitrogen and oxygen atoms in total. The van der Waals surface area contributed by atoms with Crippen LogP contribution in [0.4, 0.5) is 0 Å². The minimum Gasteiger partial charge on any atom is -0.354 e. The summed E-state index contributed by atoms with van der Waals surface area (Å²) in [5, 5.41) is 7.93. The van der Waals surface area contributed by atoms with Crippen LogP contribution in [-0.4, -0.2) is 67.5 Å². The number of carbonyl (C=O) groups excluding carboxylic acids is 1. The lowest BCUT2D eigenvalue weighted by molar-refractivity contribution is -0.127. The predicted molar refractivity (Wildman–Crippen MR) is 119 cm³/mol. The monoisotopic (exact) mass is 419 g/mol. The Morgan fingerprint density at radius 2 is 1.66 bits per heavy atom. The Kier molecular flexibility index (Phi) is 8.19. The zero-order valence-corrected chi connectivity index (χ0v) is 18.4. The van der Waals surface area contributed by atoms with Gasteiger partial charge in [-0.15, -0.1) is 0 Å². The van der Waals surface area contributed by atoms with Gasteiger partial charge >= 0.3 is 0 Å². The van der Waals surface area contributed by atoms with Crippen molar-refractivity contribution in [2.45, 2.75) is 57.2 Å².